The Bertz CT molecular complexity index is 602. The molecule has 0 aromatic rings. The molecular formula is C23H38N4O2. The minimum atomic E-state index is -0.0700. The number of nitrogens with zero attached hydrogens (tertiary/aromatic N) is 3. The van der Waals surface area contributed by atoms with Crippen molar-refractivity contribution in [1.29, 1.82) is 0 Å². The lowest BCUT2D eigenvalue weighted by atomic mass is 9.53. The first-order chi connectivity index (χ1) is 14.0. The molecule has 2 heterocycles. The van der Waals surface area contributed by atoms with E-state index in [2.05, 4.69) is 22.0 Å². The van der Waals surface area contributed by atoms with E-state index in [1.54, 1.807) is 0 Å². The number of hydrogen-bond acceptors (Lipinski definition) is 4. The zero-order valence-corrected chi connectivity index (χ0v) is 18.1. The molecule has 0 aromatic heterocycles. The monoisotopic (exact) mass is 402 g/mol. The Kier molecular flexibility index (Phi) is 5.35. The lowest BCUT2D eigenvalue weighted by molar-refractivity contribution is -0.134. The Morgan fingerprint density at radius 1 is 0.897 bits per heavy atom. The third-order valence-electron chi connectivity index (χ3n) is 8.58. The van der Waals surface area contributed by atoms with Gasteiger partial charge in [0.25, 0.3) is 0 Å². The van der Waals surface area contributed by atoms with E-state index >= 15 is 0 Å². The Labute approximate surface area is 175 Å². The van der Waals surface area contributed by atoms with E-state index in [1.165, 1.54) is 38.5 Å². The van der Waals surface area contributed by atoms with Crippen LogP contribution < -0.4 is 5.32 Å². The van der Waals surface area contributed by atoms with Crippen molar-refractivity contribution >= 4 is 11.8 Å². The van der Waals surface area contributed by atoms with Crippen LogP contribution in [0.3, 0.4) is 0 Å². The second-order valence-corrected chi connectivity index (χ2v) is 10.8. The maximum absolute atomic E-state index is 13.1. The number of hydrogen-bond donors (Lipinski definition) is 1. The van der Waals surface area contributed by atoms with Gasteiger partial charge < -0.3 is 10.2 Å². The van der Waals surface area contributed by atoms with Crippen molar-refractivity contribution in [3.8, 4) is 0 Å². The average Bonchev–Trinajstić information content (AvgIpc) is 3.21. The molecule has 29 heavy (non-hydrogen) atoms. The van der Waals surface area contributed by atoms with Gasteiger partial charge in [0.05, 0.1) is 12.6 Å². The quantitative estimate of drug-likeness (QED) is 0.761. The Balaban J connectivity index is 1.10. The molecule has 6 fully saturated rings. The smallest absolute Gasteiger partial charge is 0.237 e. The fourth-order valence-corrected chi connectivity index (χ4v) is 7.36. The molecule has 6 rings (SSSR count). The number of carbonyl (C=O) groups is 2. The first kappa shape index (κ1) is 19.8. The molecule has 2 aliphatic heterocycles. The Morgan fingerprint density at radius 2 is 1.45 bits per heavy atom. The molecule has 4 aliphatic carbocycles. The average molecular weight is 403 g/mol. The highest BCUT2D eigenvalue weighted by Gasteiger charge is 2.51. The van der Waals surface area contributed by atoms with Crippen LogP contribution in [0.4, 0.5) is 0 Å². The zero-order chi connectivity index (χ0) is 20.0. The van der Waals surface area contributed by atoms with E-state index in [0.29, 0.717) is 6.54 Å². The molecule has 1 atom stereocenters. The molecule has 6 aliphatic rings. The summed E-state index contributed by atoms with van der Waals surface area (Å²) in [6, 6.07) is -0.0700. The van der Waals surface area contributed by atoms with Crippen molar-refractivity contribution in [3.63, 3.8) is 0 Å². The predicted octanol–water partition coefficient (Wildman–Crippen LogP) is 1.70. The minimum Gasteiger partial charge on any atom is -0.349 e. The molecule has 2 saturated heterocycles. The largest absolute Gasteiger partial charge is 0.349 e. The van der Waals surface area contributed by atoms with Gasteiger partial charge in [-0.15, -0.1) is 0 Å². The molecule has 4 bridgehead atoms. The molecule has 1 N–H and O–H groups in total. The van der Waals surface area contributed by atoms with Gasteiger partial charge in [-0.3, -0.25) is 19.4 Å². The van der Waals surface area contributed by atoms with Crippen molar-refractivity contribution in [2.24, 2.45) is 17.8 Å². The van der Waals surface area contributed by atoms with Gasteiger partial charge in [0.1, 0.15) is 0 Å². The van der Waals surface area contributed by atoms with E-state index in [4.69, 9.17) is 0 Å². The lowest BCUT2D eigenvalue weighted by Gasteiger charge is -2.57. The molecule has 6 nitrogen and oxygen atoms in total. The molecule has 0 radical (unpaired) electrons. The van der Waals surface area contributed by atoms with Crippen molar-refractivity contribution in [3.05, 3.63) is 0 Å². The summed E-state index contributed by atoms with van der Waals surface area (Å²) in [5, 5.41) is 3.55. The van der Waals surface area contributed by atoms with Crippen LogP contribution in [-0.4, -0.2) is 83.9 Å². The van der Waals surface area contributed by atoms with Crippen LogP contribution >= 0.6 is 0 Å². The number of rotatable bonds is 5. The van der Waals surface area contributed by atoms with E-state index in [0.717, 1.165) is 69.9 Å². The molecule has 4 saturated carbocycles. The minimum absolute atomic E-state index is 0.0700. The second kappa shape index (κ2) is 7.84. The topological polar surface area (TPSA) is 55.9 Å². The van der Waals surface area contributed by atoms with Crippen molar-refractivity contribution in [2.45, 2.75) is 69.9 Å². The van der Waals surface area contributed by atoms with Gasteiger partial charge in [0.15, 0.2) is 0 Å². The summed E-state index contributed by atoms with van der Waals surface area (Å²) < 4.78 is 0. The fraction of sp³-hybridized carbons (Fsp3) is 0.913. The highest BCUT2D eigenvalue weighted by Crippen LogP contribution is 2.55. The number of nitrogens with one attached hydrogen (secondary N) is 1. The van der Waals surface area contributed by atoms with Gasteiger partial charge in [-0.05, 0) is 76.0 Å². The van der Waals surface area contributed by atoms with Gasteiger partial charge in [-0.2, -0.15) is 0 Å². The summed E-state index contributed by atoms with van der Waals surface area (Å²) in [6.07, 6.45) is 10.2. The van der Waals surface area contributed by atoms with Gasteiger partial charge in [-0.1, -0.05) is 0 Å². The lowest BCUT2D eigenvalue weighted by Crippen LogP contribution is -2.63. The molecule has 6 heteroatoms. The normalized spacial score (nSPS) is 38.4. The summed E-state index contributed by atoms with van der Waals surface area (Å²) in [6.45, 7) is 8.00. The van der Waals surface area contributed by atoms with Crippen LogP contribution in [0.1, 0.15) is 58.3 Å². The van der Waals surface area contributed by atoms with E-state index in [9.17, 15) is 9.59 Å². The maximum Gasteiger partial charge on any atom is 0.237 e. The summed E-state index contributed by atoms with van der Waals surface area (Å²) in [4.78, 5) is 32.1. The summed E-state index contributed by atoms with van der Waals surface area (Å²) >= 11 is 0. The molecule has 2 amide bonds. The molecule has 0 unspecified atom stereocenters. The fourth-order valence-electron chi connectivity index (χ4n) is 7.36. The van der Waals surface area contributed by atoms with Crippen molar-refractivity contribution < 1.29 is 9.59 Å². The Hall–Kier alpha value is -1.14. The first-order valence-corrected chi connectivity index (χ1v) is 12.1. The Morgan fingerprint density at radius 3 is 2.00 bits per heavy atom. The van der Waals surface area contributed by atoms with Crippen LogP contribution in [0.15, 0.2) is 0 Å². The maximum atomic E-state index is 13.1. The van der Waals surface area contributed by atoms with Crippen LogP contribution in [0.25, 0.3) is 0 Å². The number of likely N-dealkylation sites (tertiary alicyclic amines) is 1. The van der Waals surface area contributed by atoms with Gasteiger partial charge >= 0.3 is 0 Å². The second-order valence-electron chi connectivity index (χ2n) is 10.8. The highest BCUT2D eigenvalue weighted by atomic mass is 16.2. The number of carbonyl (C=O) groups excluding carboxylic acids is 2. The van der Waals surface area contributed by atoms with Gasteiger partial charge in [-0.25, -0.2) is 0 Å². The number of amides is 2. The van der Waals surface area contributed by atoms with Crippen LogP contribution in [0.2, 0.25) is 0 Å². The van der Waals surface area contributed by atoms with Crippen LogP contribution in [-0.2, 0) is 9.59 Å². The van der Waals surface area contributed by atoms with Gasteiger partial charge in [0, 0.05) is 44.8 Å². The predicted molar refractivity (Wildman–Crippen MR) is 112 cm³/mol. The first-order valence-electron chi connectivity index (χ1n) is 12.1. The summed E-state index contributed by atoms with van der Waals surface area (Å²) in [5.41, 5.74) is 0.101. The van der Waals surface area contributed by atoms with Gasteiger partial charge in [0.2, 0.25) is 11.8 Å². The summed E-state index contributed by atoms with van der Waals surface area (Å²) in [7, 11) is 0. The third-order valence-corrected chi connectivity index (χ3v) is 8.58. The van der Waals surface area contributed by atoms with E-state index in [1.807, 2.05) is 4.90 Å². The highest BCUT2D eigenvalue weighted by molar-refractivity contribution is 5.82. The molecule has 162 valence electrons. The van der Waals surface area contributed by atoms with Crippen molar-refractivity contribution in [1.82, 2.24) is 20.0 Å². The number of piperazine rings is 1. The molecular weight excluding hydrogens is 364 g/mol. The molecule has 0 aromatic carbocycles. The summed E-state index contributed by atoms with van der Waals surface area (Å²) in [5.74, 6) is 3.08. The SMILES string of the molecule is C[C@@H](C(=O)NC12CC3CC(CC(C3)C1)C2)N1CCN(CC(=O)N2CCCC2)CC1. The van der Waals surface area contributed by atoms with Crippen LogP contribution in [0.5, 0.6) is 0 Å². The molecule has 0 spiro atoms. The zero-order valence-electron chi connectivity index (χ0n) is 18.1. The van der Waals surface area contributed by atoms with Crippen LogP contribution in [0, 0.1) is 17.8 Å². The standard InChI is InChI=1S/C23H38N4O2/c1-17(22(29)24-23-13-18-10-19(14-23)12-20(11-18)15-23)26-8-6-25(7-9-26)16-21(28)27-4-2-3-5-27/h17-20H,2-16H2,1H3,(H,24,29)/t17-,18?,19?,20?,23?/m0/s1. The van der Waals surface area contributed by atoms with E-state index < -0.39 is 0 Å². The third kappa shape index (κ3) is 4.07. The van der Waals surface area contributed by atoms with Crippen molar-refractivity contribution in [2.75, 3.05) is 45.8 Å². The van der Waals surface area contributed by atoms with E-state index in [-0.39, 0.29) is 23.4 Å².